The second-order valence-corrected chi connectivity index (χ2v) is 2.74. The van der Waals surface area contributed by atoms with E-state index in [4.69, 9.17) is 11.5 Å². The van der Waals surface area contributed by atoms with Crippen molar-refractivity contribution >= 4 is 23.2 Å². The topological polar surface area (TPSA) is 81.1 Å². The normalized spacial score (nSPS) is 9.09. The molecule has 0 atom stereocenters. The smallest absolute Gasteiger partial charge is 0.312 e. The first kappa shape index (κ1) is 10.2. The molecule has 5 heteroatoms. The highest BCUT2D eigenvalue weighted by Crippen LogP contribution is 1.93. The van der Waals surface area contributed by atoms with Crippen molar-refractivity contribution in [1.29, 1.82) is 0 Å². The number of nitrogens with one attached hydrogen (secondary N) is 1. The lowest BCUT2D eigenvalue weighted by molar-refractivity contribution is 0.249. The summed E-state index contributed by atoms with van der Waals surface area (Å²) in [5.74, 6) is 0. The summed E-state index contributed by atoms with van der Waals surface area (Å²) in [4.78, 5) is 10.7. The minimum Gasteiger partial charge on any atom is -0.393 e. The van der Waals surface area contributed by atoms with E-state index in [1.54, 1.807) is 0 Å². The summed E-state index contributed by atoms with van der Waals surface area (Å²) >= 11 is 4.66. The maximum atomic E-state index is 10.2. The van der Waals surface area contributed by atoms with Crippen LogP contribution in [0.4, 0.5) is 4.79 Å². The summed E-state index contributed by atoms with van der Waals surface area (Å²) in [5, 5.41) is 2.47. The highest BCUT2D eigenvalue weighted by Gasteiger charge is 1.92. The molecule has 0 saturated heterocycles. The SMILES string of the molecule is NC(=O)NCCCCC(N)=S. The fraction of sp³-hybridized carbons (Fsp3) is 0.667. The molecule has 0 aliphatic heterocycles. The van der Waals surface area contributed by atoms with Gasteiger partial charge in [-0.25, -0.2) is 4.79 Å². The Morgan fingerprint density at radius 3 is 2.45 bits per heavy atom. The van der Waals surface area contributed by atoms with Crippen molar-refractivity contribution in [2.45, 2.75) is 19.3 Å². The minimum atomic E-state index is -0.486. The van der Waals surface area contributed by atoms with E-state index in [0.29, 0.717) is 11.5 Å². The Morgan fingerprint density at radius 2 is 2.00 bits per heavy atom. The maximum absolute atomic E-state index is 10.2. The molecule has 2 amide bonds. The van der Waals surface area contributed by atoms with Gasteiger partial charge in [-0.1, -0.05) is 12.2 Å². The Labute approximate surface area is 71.3 Å². The van der Waals surface area contributed by atoms with Gasteiger partial charge in [0.05, 0.1) is 4.99 Å². The predicted octanol–water partition coefficient (Wildman–Crippen LogP) is 0.111. The largest absolute Gasteiger partial charge is 0.393 e. The molecule has 4 nitrogen and oxygen atoms in total. The predicted molar refractivity (Wildman–Crippen MR) is 48.2 cm³/mol. The van der Waals surface area contributed by atoms with Crippen LogP contribution in [0, 0.1) is 0 Å². The number of nitrogens with two attached hydrogens (primary N) is 2. The third-order valence-corrected chi connectivity index (χ3v) is 1.35. The Hall–Kier alpha value is -0.840. The van der Waals surface area contributed by atoms with Crippen LogP contribution in [0.3, 0.4) is 0 Å². The zero-order chi connectivity index (χ0) is 8.69. The van der Waals surface area contributed by atoms with E-state index in [9.17, 15) is 4.79 Å². The number of carbonyl (C=O) groups excluding carboxylic acids is 1. The molecule has 0 fully saturated rings. The third-order valence-electron chi connectivity index (χ3n) is 1.15. The second-order valence-electron chi connectivity index (χ2n) is 2.21. The lowest BCUT2D eigenvalue weighted by Gasteiger charge is -2.00. The van der Waals surface area contributed by atoms with Crippen LogP contribution in [0.1, 0.15) is 19.3 Å². The summed E-state index contributed by atoms with van der Waals surface area (Å²) in [5.41, 5.74) is 10.1. The van der Waals surface area contributed by atoms with E-state index in [0.717, 1.165) is 19.3 Å². The zero-order valence-electron chi connectivity index (χ0n) is 6.30. The lowest BCUT2D eigenvalue weighted by atomic mass is 10.2. The van der Waals surface area contributed by atoms with Crippen LogP contribution in [0.25, 0.3) is 0 Å². The summed E-state index contributed by atoms with van der Waals surface area (Å²) in [6.07, 6.45) is 2.49. The minimum absolute atomic E-state index is 0.486. The first-order valence-electron chi connectivity index (χ1n) is 3.44. The molecule has 0 bridgehead atoms. The van der Waals surface area contributed by atoms with E-state index < -0.39 is 6.03 Å². The molecular formula is C6H13N3OS. The fourth-order valence-corrected chi connectivity index (χ4v) is 0.780. The van der Waals surface area contributed by atoms with Crippen molar-refractivity contribution in [2.24, 2.45) is 11.5 Å². The maximum Gasteiger partial charge on any atom is 0.312 e. The molecule has 64 valence electrons. The highest BCUT2D eigenvalue weighted by atomic mass is 32.1. The van der Waals surface area contributed by atoms with Gasteiger partial charge in [-0.2, -0.15) is 0 Å². The average Bonchev–Trinajstić information content (AvgIpc) is 1.85. The van der Waals surface area contributed by atoms with Crippen LogP contribution in [0.5, 0.6) is 0 Å². The summed E-state index contributed by atoms with van der Waals surface area (Å²) in [7, 11) is 0. The van der Waals surface area contributed by atoms with E-state index in [1.807, 2.05) is 0 Å². The standard InChI is InChI=1S/C6H13N3OS/c7-5(11)3-1-2-4-9-6(8)10/h1-4H2,(H2,7,11)(H3,8,9,10). The monoisotopic (exact) mass is 175 g/mol. The van der Waals surface area contributed by atoms with Crippen molar-refractivity contribution in [3.8, 4) is 0 Å². The number of amides is 2. The number of hydrogen-bond acceptors (Lipinski definition) is 2. The van der Waals surface area contributed by atoms with Crippen molar-refractivity contribution in [1.82, 2.24) is 5.32 Å². The van der Waals surface area contributed by atoms with Crippen molar-refractivity contribution in [3.05, 3.63) is 0 Å². The summed E-state index contributed by atoms with van der Waals surface area (Å²) in [6.45, 7) is 0.595. The van der Waals surface area contributed by atoms with E-state index in [1.165, 1.54) is 0 Å². The van der Waals surface area contributed by atoms with Crippen molar-refractivity contribution < 1.29 is 4.79 Å². The van der Waals surface area contributed by atoms with Crippen molar-refractivity contribution in [2.75, 3.05) is 6.54 Å². The number of carbonyl (C=O) groups is 1. The molecule has 0 aliphatic rings. The molecule has 0 saturated carbocycles. The molecule has 0 aromatic rings. The van der Waals surface area contributed by atoms with Gasteiger partial charge in [0.25, 0.3) is 0 Å². The molecule has 5 N–H and O–H groups in total. The van der Waals surface area contributed by atoms with Gasteiger partial charge in [-0.05, 0) is 19.3 Å². The van der Waals surface area contributed by atoms with Crippen LogP contribution < -0.4 is 16.8 Å². The van der Waals surface area contributed by atoms with Gasteiger partial charge in [-0.15, -0.1) is 0 Å². The molecular weight excluding hydrogens is 162 g/mol. The van der Waals surface area contributed by atoms with Gasteiger partial charge in [0.1, 0.15) is 0 Å². The van der Waals surface area contributed by atoms with Gasteiger partial charge >= 0.3 is 6.03 Å². The molecule has 0 aromatic heterocycles. The number of unbranched alkanes of at least 4 members (excludes halogenated alkanes) is 1. The van der Waals surface area contributed by atoms with Crippen LogP contribution in [0.2, 0.25) is 0 Å². The molecule has 0 rings (SSSR count). The molecule has 0 radical (unpaired) electrons. The third kappa shape index (κ3) is 9.16. The molecule has 0 heterocycles. The van der Waals surface area contributed by atoms with Crippen LogP contribution >= 0.6 is 12.2 Å². The second kappa shape index (κ2) is 5.91. The zero-order valence-corrected chi connectivity index (χ0v) is 7.12. The number of urea groups is 1. The van der Waals surface area contributed by atoms with Gasteiger partial charge in [-0.3, -0.25) is 0 Å². The molecule has 0 aliphatic carbocycles. The van der Waals surface area contributed by atoms with Gasteiger partial charge in [0.2, 0.25) is 0 Å². The molecule has 0 spiro atoms. The Kier molecular flexibility index (Phi) is 5.46. The number of hydrogen-bond donors (Lipinski definition) is 3. The quantitative estimate of drug-likeness (QED) is 0.410. The number of primary amides is 1. The van der Waals surface area contributed by atoms with Gasteiger partial charge in [0, 0.05) is 6.54 Å². The van der Waals surface area contributed by atoms with Gasteiger partial charge in [0.15, 0.2) is 0 Å². The molecule has 11 heavy (non-hydrogen) atoms. The fourth-order valence-electron chi connectivity index (χ4n) is 0.636. The number of thiocarbonyl (C=S) groups is 1. The van der Waals surface area contributed by atoms with Crippen LogP contribution in [-0.2, 0) is 0 Å². The molecule has 0 unspecified atom stereocenters. The Bertz CT molecular complexity index is 133. The lowest BCUT2D eigenvalue weighted by Crippen LogP contribution is -2.30. The van der Waals surface area contributed by atoms with Crippen LogP contribution in [-0.4, -0.2) is 17.6 Å². The average molecular weight is 175 g/mol. The Morgan fingerprint density at radius 1 is 1.36 bits per heavy atom. The summed E-state index contributed by atoms with van der Waals surface area (Å²) in [6, 6.07) is -0.486. The molecule has 0 aromatic carbocycles. The first-order valence-corrected chi connectivity index (χ1v) is 3.85. The van der Waals surface area contributed by atoms with Gasteiger partial charge < -0.3 is 16.8 Å². The first-order chi connectivity index (χ1) is 5.13. The van der Waals surface area contributed by atoms with E-state index in [2.05, 4.69) is 17.5 Å². The summed E-state index contributed by atoms with van der Waals surface area (Å²) < 4.78 is 0. The van der Waals surface area contributed by atoms with E-state index in [-0.39, 0.29) is 0 Å². The Balaban J connectivity index is 3.03. The highest BCUT2D eigenvalue weighted by molar-refractivity contribution is 7.80. The number of rotatable bonds is 5. The van der Waals surface area contributed by atoms with Crippen molar-refractivity contribution in [3.63, 3.8) is 0 Å². The van der Waals surface area contributed by atoms with E-state index >= 15 is 0 Å². The van der Waals surface area contributed by atoms with Crippen LogP contribution in [0.15, 0.2) is 0 Å².